The molecule has 1 aromatic rings. The molecule has 10 heavy (non-hydrogen) atoms. The van der Waals surface area contributed by atoms with Crippen molar-refractivity contribution in [1.29, 1.82) is 0 Å². The largest absolute Gasteiger partial charge is 0.481 e. The molecule has 4 heteroatoms. The summed E-state index contributed by atoms with van der Waals surface area (Å²) in [6, 6.07) is 1.08. The van der Waals surface area contributed by atoms with E-state index in [2.05, 4.69) is 4.42 Å². The van der Waals surface area contributed by atoms with Gasteiger partial charge in [-0.15, -0.1) is 0 Å². The van der Waals surface area contributed by atoms with E-state index < -0.39 is 18.2 Å². The van der Waals surface area contributed by atoms with Crippen molar-refractivity contribution in [2.24, 2.45) is 0 Å². The first kappa shape index (κ1) is 6.80. The van der Waals surface area contributed by atoms with E-state index in [0.29, 0.717) is 0 Å². The Morgan fingerprint density at radius 3 is 2.90 bits per heavy atom. The molecule has 0 unspecified atom stereocenters. The van der Waals surface area contributed by atoms with Gasteiger partial charge in [-0.3, -0.25) is 4.79 Å². The number of hydrogen-bond donors (Lipinski definition) is 1. The summed E-state index contributed by atoms with van der Waals surface area (Å²) in [5.41, 5.74) is 0. The molecule has 0 saturated carbocycles. The van der Waals surface area contributed by atoms with E-state index in [9.17, 15) is 9.18 Å². The van der Waals surface area contributed by atoms with Crippen LogP contribution in [0.15, 0.2) is 16.7 Å². The van der Waals surface area contributed by atoms with Gasteiger partial charge in [-0.1, -0.05) is 0 Å². The first-order valence-electron chi connectivity index (χ1n) is 2.64. The second kappa shape index (κ2) is 2.51. The van der Waals surface area contributed by atoms with Crippen LogP contribution in [0.5, 0.6) is 0 Å². The van der Waals surface area contributed by atoms with E-state index in [1.165, 1.54) is 0 Å². The molecule has 1 heterocycles. The zero-order chi connectivity index (χ0) is 7.56. The number of carboxylic acids is 1. The summed E-state index contributed by atoms with van der Waals surface area (Å²) in [4.78, 5) is 9.99. The van der Waals surface area contributed by atoms with Crippen LogP contribution in [-0.4, -0.2) is 11.1 Å². The molecule has 0 aliphatic rings. The van der Waals surface area contributed by atoms with E-state index in [-0.39, 0.29) is 5.76 Å². The Morgan fingerprint density at radius 1 is 1.80 bits per heavy atom. The van der Waals surface area contributed by atoms with E-state index in [1.54, 1.807) is 0 Å². The molecule has 0 fully saturated rings. The second-order valence-electron chi connectivity index (χ2n) is 1.76. The topological polar surface area (TPSA) is 50.4 Å². The zero-order valence-corrected chi connectivity index (χ0v) is 5.00. The fourth-order valence-electron chi connectivity index (χ4n) is 0.589. The quantitative estimate of drug-likeness (QED) is 0.674. The van der Waals surface area contributed by atoms with Gasteiger partial charge in [-0.05, 0) is 0 Å². The van der Waals surface area contributed by atoms with Crippen molar-refractivity contribution in [2.75, 3.05) is 0 Å². The van der Waals surface area contributed by atoms with E-state index in [1.807, 2.05) is 0 Å². The van der Waals surface area contributed by atoms with Crippen LogP contribution in [-0.2, 0) is 11.2 Å². The van der Waals surface area contributed by atoms with Crippen LogP contribution in [0.2, 0.25) is 0 Å². The summed E-state index contributed by atoms with van der Waals surface area (Å²) in [5, 5.41) is 8.18. The summed E-state index contributed by atoms with van der Waals surface area (Å²) >= 11 is 0. The third kappa shape index (κ3) is 1.34. The predicted octanol–water partition coefficient (Wildman–Crippen LogP) is 1.05. The van der Waals surface area contributed by atoms with Crippen LogP contribution < -0.4 is 0 Å². The number of furan rings is 1. The van der Waals surface area contributed by atoms with Gasteiger partial charge in [0, 0.05) is 6.07 Å². The van der Waals surface area contributed by atoms with Crippen molar-refractivity contribution in [1.82, 2.24) is 0 Å². The Morgan fingerprint density at radius 2 is 2.50 bits per heavy atom. The Labute approximate surface area is 56.1 Å². The maximum absolute atomic E-state index is 12.4. The van der Waals surface area contributed by atoms with Crippen LogP contribution in [0.4, 0.5) is 4.39 Å². The first-order chi connectivity index (χ1) is 4.70. The number of carboxylic acid groups (broad SMARTS) is 1. The molecule has 1 rings (SSSR count). The van der Waals surface area contributed by atoms with Crippen LogP contribution in [0.1, 0.15) is 5.76 Å². The van der Waals surface area contributed by atoms with Crippen molar-refractivity contribution in [3.63, 3.8) is 0 Å². The van der Waals surface area contributed by atoms with Crippen molar-refractivity contribution in [3.05, 3.63) is 23.9 Å². The van der Waals surface area contributed by atoms with Crippen molar-refractivity contribution >= 4 is 5.97 Å². The lowest BCUT2D eigenvalue weighted by atomic mass is 10.3. The summed E-state index contributed by atoms with van der Waals surface area (Å²) in [5.74, 6) is -1.84. The van der Waals surface area contributed by atoms with Gasteiger partial charge >= 0.3 is 5.97 Å². The molecule has 0 atom stereocenters. The van der Waals surface area contributed by atoms with E-state index in [0.717, 1.165) is 12.3 Å². The monoisotopic (exact) mass is 144 g/mol. The number of rotatable bonds is 2. The number of carbonyl (C=O) groups is 1. The molecule has 0 aliphatic carbocycles. The van der Waals surface area contributed by atoms with Crippen LogP contribution in [0, 0.1) is 5.82 Å². The first-order valence-corrected chi connectivity index (χ1v) is 2.64. The molecule has 54 valence electrons. The summed E-state index contributed by atoms with van der Waals surface area (Å²) in [6.07, 6.45) is 0.715. The van der Waals surface area contributed by atoms with Gasteiger partial charge < -0.3 is 9.52 Å². The average molecular weight is 144 g/mol. The maximum Gasteiger partial charge on any atom is 0.311 e. The summed E-state index contributed by atoms with van der Waals surface area (Å²) in [6.45, 7) is 0. The fourth-order valence-corrected chi connectivity index (χ4v) is 0.589. The van der Waals surface area contributed by atoms with Gasteiger partial charge in [0.2, 0.25) is 0 Å². The van der Waals surface area contributed by atoms with Crippen molar-refractivity contribution in [3.8, 4) is 0 Å². The van der Waals surface area contributed by atoms with Crippen LogP contribution >= 0.6 is 0 Å². The standard InChI is InChI=1S/C6H5FO3/c7-4-1-2-10-5(4)3-6(8)9/h1-2H,3H2,(H,8,9). The third-order valence-corrected chi connectivity index (χ3v) is 1.00. The SMILES string of the molecule is O=C(O)Cc1occc1F. The van der Waals surface area contributed by atoms with Crippen molar-refractivity contribution in [2.45, 2.75) is 6.42 Å². The number of halogens is 1. The molecule has 1 aromatic heterocycles. The summed E-state index contributed by atoms with van der Waals surface area (Å²) < 4.78 is 16.9. The maximum atomic E-state index is 12.4. The Kier molecular flexibility index (Phi) is 1.71. The highest BCUT2D eigenvalue weighted by molar-refractivity contribution is 5.69. The normalized spacial score (nSPS) is 9.70. The number of hydrogen-bond acceptors (Lipinski definition) is 2. The minimum atomic E-state index is -1.10. The predicted molar refractivity (Wildman–Crippen MR) is 30.0 cm³/mol. The van der Waals surface area contributed by atoms with E-state index in [4.69, 9.17) is 5.11 Å². The minimum Gasteiger partial charge on any atom is -0.481 e. The highest BCUT2D eigenvalue weighted by Gasteiger charge is 2.08. The van der Waals surface area contributed by atoms with Gasteiger partial charge in [-0.25, -0.2) is 4.39 Å². The van der Waals surface area contributed by atoms with Gasteiger partial charge in [0.25, 0.3) is 0 Å². The molecular formula is C6H5FO3. The molecule has 0 spiro atoms. The highest BCUT2D eigenvalue weighted by Crippen LogP contribution is 2.07. The fraction of sp³-hybridized carbons (Fsp3) is 0.167. The van der Waals surface area contributed by atoms with Crippen LogP contribution in [0.3, 0.4) is 0 Å². The van der Waals surface area contributed by atoms with Crippen molar-refractivity contribution < 1.29 is 18.7 Å². The molecule has 0 radical (unpaired) electrons. The molecular weight excluding hydrogens is 139 g/mol. The zero-order valence-electron chi connectivity index (χ0n) is 5.00. The molecule has 3 nitrogen and oxygen atoms in total. The highest BCUT2D eigenvalue weighted by atomic mass is 19.1. The van der Waals surface area contributed by atoms with Gasteiger partial charge in [0.1, 0.15) is 12.2 Å². The average Bonchev–Trinajstić information content (AvgIpc) is 2.15. The minimum absolute atomic E-state index is 0.132. The lowest BCUT2D eigenvalue weighted by Gasteiger charge is -1.87. The smallest absolute Gasteiger partial charge is 0.311 e. The Bertz CT molecular complexity index is 241. The second-order valence-corrected chi connectivity index (χ2v) is 1.76. The van der Waals surface area contributed by atoms with Gasteiger partial charge in [0.05, 0.1) is 6.26 Å². The summed E-state index contributed by atoms with van der Waals surface area (Å²) in [7, 11) is 0. The van der Waals surface area contributed by atoms with Crippen LogP contribution in [0.25, 0.3) is 0 Å². The molecule has 0 aromatic carbocycles. The Hall–Kier alpha value is -1.32. The van der Waals surface area contributed by atoms with Gasteiger partial charge in [-0.2, -0.15) is 0 Å². The Balaban J connectivity index is 2.74. The number of aliphatic carboxylic acids is 1. The molecule has 0 aliphatic heterocycles. The lowest BCUT2D eigenvalue weighted by Crippen LogP contribution is -1.99. The lowest BCUT2D eigenvalue weighted by molar-refractivity contribution is -0.136. The van der Waals surface area contributed by atoms with Gasteiger partial charge in [0.15, 0.2) is 5.82 Å². The molecule has 1 N–H and O–H groups in total. The molecule has 0 amide bonds. The third-order valence-electron chi connectivity index (χ3n) is 1.00. The van der Waals surface area contributed by atoms with E-state index >= 15 is 0 Å². The molecule has 0 saturated heterocycles. The molecule has 0 bridgehead atoms.